The summed E-state index contributed by atoms with van der Waals surface area (Å²) in [5.41, 5.74) is 1.18. The molecule has 0 saturated carbocycles. The van der Waals surface area contributed by atoms with E-state index in [1.807, 2.05) is 36.4 Å². The zero-order valence-corrected chi connectivity index (χ0v) is 15.5. The monoisotopic (exact) mass is 363 g/mol. The minimum Gasteiger partial charge on any atom is -1.00 e. The Morgan fingerprint density at radius 1 is 1.04 bits per heavy atom. The van der Waals surface area contributed by atoms with Crippen LogP contribution in [-0.4, -0.2) is 27.2 Å². The predicted molar refractivity (Wildman–Crippen MR) is 97.6 cm³/mol. The highest BCUT2D eigenvalue weighted by molar-refractivity contribution is 7.24. The molecule has 0 unspecified atom stereocenters. The highest BCUT2D eigenvalue weighted by atomic mass is 35.5. The van der Waals surface area contributed by atoms with E-state index in [-0.39, 0.29) is 17.8 Å². The van der Waals surface area contributed by atoms with Crippen LogP contribution in [0, 0.1) is 0 Å². The van der Waals surface area contributed by atoms with Crippen molar-refractivity contribution in [2.45, 2.75) is 13.0 Å². The Hall–Kier alpha value is -1.46. The van der Waals surface area contributed by atoms with Crippen LogP contribution in [0.25, 0.3) is 20.2 Å². The molecule has 0 aliphatic heterocycles. The van der Waals surface area contributed by atoms with E-state index in [0.717, 1.165) is 45.3 Å². The highest BCUT2D eigenvalue weighted by Crippen LogP contribution is 2.25. The second-order valence-electron chi connectivity index (χ2n) is 6.12. The Balaban J connectivity index is 0.00000208. The van der Waals surface area contributed by atoms with Gasteiger partial charge in [-0.3, -0.25) is 4.79 Å². The van der Waals surface area contributed by atoms with Gasteiger partial charge in [-0.15, -0.1) is 11.3 Å². The lowest BCUT2D eigenvalue weighted by Crippen LogP contribution is -3.05. The number of ether oxygens (including phenoxy) is 1. The number of quaternary nitrogens is 1. The van der Waals surface area contributed by atoms with Crippen molar-refractivity contribution in [3.63, 3.8) is 0 Å². The Morgan fingerprint density at radius 2 is 1.79 bits per heavy atom. The molecule has 0 bridgehead atoms. The molecule has 0 saturated heterocycles. The molecule has 0 aliphatic carbocycles. The van der Waals surface area contributed by atoms with Crippen LogP contribution < -0.4 is 22.7 Å². The van der Waals surface area contributed by atoms with E-state index in [1.54, 1.807) is 11.3 Å². The van der Waals surface area contributed by atoms with Gasteiger partial charge >= 0.3 is 0 Å². The van der Waals surface area contributed by atoms with Gasteiger partial charge in [-0.2, -0.15) is 0 Å². The van der Waals surface area contributed by atoms with E-state index in [9.17, 15) is 4.79 Å². The third-order valence-corrected chi connectivity index (χ3v) is 5.03. The summed E-state index contributed by atoms with van der Waals surface area (Å²) in [4.78, 5) is 14.1. The first-order valence-electron chi connectivity index (χ1n) is 7.96. The summed E-state index contributed by atoms with van der Waals surface area (Å²) in [6.07, 6.45) is 1.05. The maximum atomic E-state index is 12.7. The molecule has 1 aromatic heterocycles. The van der Waals surface area contributed by atoms with Crippen molar-refractivity contribution >= 4 is 31.5 Å². The van der Waals surface area contributed by atoms with Gasteiger partial charge in [0.05, 0.1) is 33.9 Å². The lowest BCUT2D eigenvalue weighted by atomic mass is 10.1. The Kier molecular flexibility index (Phi) is 6.75. The van der Waals surface area contributed by atoms with E-state index in [0.29, 0.717) is 6.61 Å². The van der Waals surface area contributed by atoms with Crippen molar-refractivity contribution in [3.05, 3.63) is 58.3 Å². The maximum Gasteiger partial charge on any atom is 0.195 e. The first-order chi connectivity index (χ1) is 11.1. The number of rotatable bonds is 6. The van der Waals surface area contributed by atoms with Crippen molar-refractivity contribution in [2.24, 2.45) is 0 Å². The van der Waals surface area contributed by atoms with Gasteiger partial charge in [0.25, 0.3) is 0 Å². The molecule has 0 spiro atoms. The van der Waals surface area contributed by atoms with Gasteiger partial charge in [-0.1, -0.05) is 18.2 Å². The normalized spacial score (nSPS) is 11.1. The Labute approximate surface area is 152 Å². The van der Waals surface area contributed by atoms with Crippen molar-refractivity contribution in [1.29, 1.82) is 0 Å². The van der Waals surface area contributed by atoms with Crippen LogP contribution in [0.4, 0.5) is 0 Å². The lowest BCUT2D eigenvalue weighted by molar-refractivity contribution is -0.858. The second-order valence-corrected chi connectivity index (χ2v) is 7.20. The number of hydrogen-bond acceptors (Lipinski definition) is 3. The van der Waals surface area contributed by atoms with Crippen molar-refractivity contribution < 1.29 is 22.0 Å². The van der Waals surface area contributed by atoms with Gasteiger partial charge in [0.2, 0.25) is 0 Å². The minimum absolute atomic E-state index is 0. The second kappa shape index (κ2) is 8.58. The van der Waals surface area contributed by atoms with Gasteiger partial charge in [0.15, 0.2) is 5.43 Å². The SMILES string of the molecule is C[NH+](C)CCCOCc1ccc2sc3ccccc3c(=O)c2c1.[Cl-]. The fourth-order valence-electron chi connectivity index (χ4n) is 2.66. The fraction of sp³-hybridized carbons (Fsp3) is 0.316. The molecule has 3 rings (SSSR count). The zero-order valence-electron chi connectivity index (χ0n) is 14.0. The third kappa shape index (κ3) is 4.33. The summed E-state index contributed by atoms with van der Waals surface area (Å²) in [6, 6.07) is 13.9. The number of hydrogen-bond donors (Lipinski definition) is 1. The molecule has 1 heterocycles. The first-order valence-corrected chi connectivity index (χ1v) is 8.78. The largest absolute Gasteiger partial charge is 1.00 e. The van der Waals surface area contributed by atoms with E-state index in [4.69, 9.17) is 4.74 Å². The molecule has 3 nitrogen and oxygen atoms in total. The lowest BCUT2D eigenvalue weighted by Gasteiger charge is -2.08. The Morgan fingerprint density at radius 3 is 2.58 bits per heavy atom. The predicted octanol–water partition coefficient (Wildman–Crippen LogP) is -0.530. The summed E-state index contributed by atoms with van der Waals surface area (Å²) in [5.74, 6) is 0. The minimum atomic E-state index is 0. The van der Waals surface area contributed by atoms with Crippen molar-refractivity contribution in [1.82, 2.24) is 0 Å². The number of halogens is 1. The van der Waals surface area contributed by atoms with Crippen molar-refractivity contribution in [3.8, 4) is 0 Å². The molecule has 0 radical (unpaired) electrons. The van der Waals surface area contributed by atoms with Gasteiger partial charge in [-0.05, 0) is 29.8 Å². The van der Waals surface area contributed by atoms with Gasteiger partial charge in [-0.25, -0.2) is 0 Å². The Bertz CT molecular complexity index is 876. The van der Waals surface area contributed by atoms with Crippen LogP contribution in [0.5, 0.6) is 0 Å². The molecule has 1 N–H and O–H groups in total. The summed E-state index contributed by atoms with van der Waals surface area (Å²) < 4.78 is 7.81. The maximum absolute atomic E-state index is 12.7. The summed E-state index contributed by atoms with van der Waals surface area (Å²) in [5, 5.41) is 1.60. The summed E-state index contributed by atoms with van der Waals surface area (Å²) in [6.45, 7) is 2.43. The smallest absolute Gasteiger partial charge is 0.195 e. The average Bonchev–Trinajstić information content (AvgIpc) is 2.55. The molecule has 24 heavy (non-hydrogen) atoms. The van der Waals surface area contributed by atoms with Crippen molar-refractivity contribution in [2.75, 3.05) is 27.2 Å². The summed E-state index contributed by atoms with van der Waals surface area (Å²) in [7, 11) is 4.29. The number of benzene rings is 2. The van der Waals surface area contributed by atoms with Crippen LogP contribution in [0.1, 0.15) is 12.0 Å². The third-order valence-electron chi connectivity index (χ3n) is 3.87. The quantitative estimate of drug-likeness (QED) is 0.471. The standard InChI is InChI=1S/C19H21NO2S.ClH/c1-20(2)10-5-11-22-13-14-8-9-18-16(12-14)19(21)15-6-3-4-7-17(15)23-18;/h3-4,6-9,12H,5,10-11,13H2,1-2H3;1H. The fourth-order valence-corrected chi connectivity index (χ4v) is 3.71. The molecule has 5 heteroatoms. The van der Waals surface area contributed by atoms with E-state index >= 15 is 0 Å². The molecule has 0 atom stereocenters. The van der Waals surface area contributed by atoms with E-state index in [2.05, 4.69) is 20.2 Å². The zero-order chi connectivity index (χ0) is 16.2. The number of nitrogens with one attached hydrogen (secondary N) is 1. The molecular formula is C19H22ClNO2S. The molecule has 0 fully saturated rings. The van der Waals surface area contributed by atoms with Crippen LogP contribution in [0.2, 0.25) is 0 Å². The van der Waals surface area contributed by atoms with Gasteiger partial charge < -0.3 is 22.0 Å². The van der Waals surface area contributed by atoms with Crippen LogP contribution >= 0.6 is 11.3 Å². The van der Waals surface area contributed by atoms with Gasteiger partial charge in [0.1, 0.15) is 0 Å². The van der Waals surface area contributed by atoms with E-state index < -0.39 is 0 Å². The van der Waals surface area contributed by atoms with E-state index in [1.165, 1.54) is 4.90 Å². The first kappa shape index (κ1) is 18.9. The molecule has 2 aromatic carbocycles. The van der Waals surface area contributed by atoms with Gasteiger partial charge in [0, 0.05) is 26.6 Å². The summed E-state index contributed by atoms with van der Waals surface area (Å²) >= 11 is 1.67. The highest BCUT2D eigenvalue weighted by Gasteiger charge is 2.06. The molecular weight excluding hydrogens is 342 g/mol. The molecule has 0 aliphatic rings. The average molecular weight is 364 g/mol. The van der Waals surface area contributed by atoms with Crippen LogP contribution in [0.3, 0.4) is 0 Å². The van der Waals surface area contributed by atoms with Crippen LogP contribution in [-0.2, 0) is 11.3 Å². The molecule has 3 aromatic rings. The molecule has 0 amide bonds. The topological polar surface area (TPSA) is 30.7 Å². The van der Waals surface area contributed by atoms with Crippen LogP contribution in [0.15, 0.2) is 47.3 Å². The molecule has 128 valence electrons. The number of fused-ring (bicyclic) bond motifs is 2.